The van der Waals surface area contributed by atoms with E-state index in [1.165, 1.54) is 6.07 Å². The van der Waals surface area contributed by atoms with E-state index in [4.69, 9.17) is 23.2 Å². The average Bonchev–Trinajstić information content (AvgIpc) is 3.09. The third-order valence-electron chi connectivity index (χ3n) is 5.19. The molecule has 2 fully saturated rings. The fourth-order valence-electron chi connectivity index (χ4n) is 4.14. The van der Waals surface area contributed by atoms with Gasteiger partial charge in [0, 0.05) is 28.8 Å². The number of ketones is 2. The summed E-state index contributed by atoms with van der Waals surface area (Å²) in [4.78, 5) is 25.8. The molecule has 122 valence electrons. The van der Waals surface area contributed by atoms with E-state index in [1.807, 2.05) is 26.0 Å². The van der Waals surface area contributed by atoms with Gasteiger partial charge in [-0.05, 0) is 23.1 Å². The van der Waals surface area contributed by atoms with Gasteiger partial charge < -0.3 is 0 Å². The number of carbonyl (C=O) groups excluding carboxylic acids is 2. The average molecular weight is 361 g/mol. The minimum absolute atomic E-state index is 0.158. The highest BCUT2D eigenvalue weighted by Crippen LogP contribution is 2.77. The Bertz CT molecular complexity index is 827. The van der Waals surface area contributed by atoms with Gasteiger partial charge in [-0.25, -0.2) is 0 Å². The highest BCUT2D eigenvalue weighted by atomic mass is 35.5. The number of hydrogen-bond donors (Lipinski definition) is 0. The summed E-state index contributed by atoms with van der Waals surface area (Å²) < 4.78 is 0. The summed E-state index contributed by atoms with van der Waals surface area (Å²) in [5.41, 5.74) is -3.32. The predicted molar refractivity (Wildman–Crippen MR) is 88.3 cm³/mol. The molecule has 3 rings (SSSR count). The lowest BCUT2D eigenvalue weighted by Crippen LogP contribution is -2.42. The van der Waals surface area contributed by atoms with Crippen LogP contribution in [0.2, 0.25) is 10.0 Å². The van der Waals surface area contributed by atoms with E-state index in [9.17, 15) is 20.1 Å². The standard InChI is InChI=1S/C18H14Cl2N2O2/c1-16(2)6-13(23)18(14(24)7-16)15(17(18,8-21)9-22)11-4-3-10(19)5-12(11)20/h3-5,15H,6-7H2,1-2H3/t15-/m0/s1. The number of benzene rings is 1. The summed E-state index contributed by atoms with van der Waals surface area (Å²) in [7, 11) is 0. The molecule has 2 aliphatic rings. The summed E-state index contributed by atoms with van der Waals surface area (Å²) >= 11 is 12.1. The molecule has 1 aromatic rings. The Labute approximate surface area is 150 Å². The Morgan fingerprint density at radius 3 is 2.08 bits per heavy atom. The molecule has 0 amide bonds. The molecule has 6 heteroatoms. The number of hydrogen-bond acceptors (Lipinski definition) is 4. The van der Waals surface area contributed by atoms with Crippen LogP contribution in [0, 0.1) is 38.9 Å². The number of nitrogens with zero attached hydrogens (tertiary/aromatic N) is 2. The van der Waals surface area contributed by atoms with Gasteiger partial charge in [-0.3, -0.25) is 9.59 Å². The monoisotopic (exact) mass is 360 g/mol. The SMILES string of the molecule is CC1(C)CC(=O)C2(C(=O)C1)[C@@H](c1ccc(Cl)cc1Cl)C2(C#N)C#N. The number of Topliss-reactive ketones (excluding diaryl/α,β-unsaturated/α-hetero) is 2. The molecule has 0 aliphatic heterocycles. The van der Waals surface area contributed by atoms with Crippen molar-refractivity contribution in [1.29, 1.82) is 10.5 Å². The third kappa shape index (κ3) is 1.91. The van der Waals surface area contributed by atoms with E-state index in [-0.39, 0.29) is 29.4 Å². The van der Waals surface area contributed by atoms with E-state index >= 15 is 0 Å². The first-order valence-corrected chi connectivity index (χ1v) is 8.26. The van der Waals surface area contributed by atoms with Crippen LogP contribution >= 0.6 is 23.2 Å². The largest absolute Gasteiger partial charge is 0.298 e. The fourth-order valence-corrected chi connectivity index (χ4v) is 4.65. The second-order valence-electron chi connectivity index (χ2n) is 7.30. The number of nitriles is 2. The van der Waals surface area contributed by atoms with E-state index in [0.717, 1.165) is 0 Å². The first-order valence-electron chi connectivity index (χ1n) is 7.50. The van der Waals surface area contributed by atoms with E-state index in [1.54, 1.807) is 12.1 Å². The zero-order chi connectivity index (χ0) is 17.9. The summed E-state index contributed by atoms with van der Waals surface area (Å²) in [6.07, 6.45) is 0.317. The van der Waals surface area contributed by atoms with Gasteiger partial charge in [0.2, 0.25) is 0 Å². The Kier molecular flexibility index (Phi) is 3.57. The van der Waals surface area contributed by atoms with Crippen LogP contribution in [0.25, 0.3) is 0 Å². The van der Waals surface area contributed by atoms with Gasteiger partial charge in [0.05, 0.1) is 12.1 Å². The maximum atomic E-state index is 12.9. The van der Waals surface area contributed by atoms with E-state index < -0.39 is 22.2 Å². The summed E-state index contributed by atoms with van der Waals surface area (Å²) in [6.45, 7) is 3.67. The molecule has 2 aliphatic carbocycles. The summed E-state index contributed by atoms with van der Waals surface area (Å²) in [5, 5.41) is 20.0. The maximum absolute atomic E-state index is 12.9. The first-order chi connectivity index (χ1) is 11.2. The van der Waals surface area contributed by atoms with Crippen LogP contribution in [0.3, 0.4) is 0 Å². The molecule has 0 radical (unpaired) electrons. The third-order valence-corrected chi connectivity index (χ3v) is 5.75. The second kappa shape index (κ2) is 5.06. The molecular formula is C18H14Cl2N2O2. The van der Waals surface area contributed by atoms with Crippen molar-refractivity contribution in [2.75, 3.05) is 0 Å². The summed E-state index contributed by atoms with van der Waals surface area (Å²) in [5.74, 6) is -1.54. The Hall–Kier alpha value is -1.88. The molecular weight excluding hydrogens is 347 g/mol. The molecule has 1 aromatic carbocycles. The van der Waals surface area contributed by atoms with Crippen LogP contribution in [0.4, 0.5) is 0 Å². The zero-order valence-electron chi connectivity index (χ0n) is 13.2. The number of halogens is 2. The topological polar surface area (TPSA) is 81.7 Å². The van der Waals surface area contributed by atoms with Crippen molar-refractivity contribution in [2.45, 2.75) is 32.6 Å². The van der Waals surface area contributed by atoms with Gasteiger partial charge >= 0.3 is 0 Å². The van der Waals surface area contributed by atoms with Gasteiger partial charge in [0.15, 0.2) is 5.41 Å². The van der Waals surface area contributed by atoms with Crippen LogP contribution < -0.4 is 0 Å². The molecule has 4 nitrogen and oxygen atoms in total. The molecule has 1 spiro atoms. The minimum Gasteiger partial charge on any atom is -0.298 e. The van der Waals surface area contributed by atoms with Crippen molar-refractivity contribution in [3.63, 3.8) is 0 Å². The molecule has 0 N–H and O–H groups in total. The highest BCUT2D eigenvalue weighted by Gasteiger charge is 2.87. The van der Waals surface area contributed by atoms with Crippen molar-refractivity contribution in [3.8, 4) is 12.1 Å². The maximum Gasteiger partial charge on any atom is 0.172 e. The zero-order valence-corrected chi connectivity index (χ0v) is 14.7. The van der Waals surface area contributed by atoms with Gasteiger partial charge in [-0.15, -0.1) is 0 Å². The van der Waals surface area contributed by atoms with Gasteiger partial charge in [0.25, 0.3) is 0 Å². The normalized spacial score (nSPS) is 25.8. The van der Waals surface area contributed by atoms with Crippen molar-refractivity contribution in [2.24, 2.45) is 16.2 Å². The lowest BCUT2D eigenvalue weighted by atomic mass is 9.67. The van der Waals surface area contributed by atoms with Gasteiger partial charge in [-0.1, -0.05) is 43.1 Å². The van der Waals surface area contributed by atoms with Crippen LogP contribution in [0.1, 0.15) is 38.2 Å². The van der Waals surface area contributed by atoms with Crippen LogP contribution in [0.15, 0.2) is 18.2 Å². The molecule has 0 unspecified atom stereocenters. The Morgan fingerprint density at radius 2 is 1.62 bits per heavy atom. The van der Waals surface area contributed by atoms with E-state index in [0.29, 0.717) is 10.6 Å². The number of rotatable bonds is 1. The molecule has 24 heavy (non-hydrogen) atoms. The molecule has 0 aromatic heterocycles. The van der Waals surface area contributed by atoms with Crippen LogP contribution in [-0.2, 0) is 9.59 Å². The predicted octanol–water partition coefficient (Wildman–Crippen LogP) is 4.07. The second-order valence-corrected chi connectivity index (χ2v) is 8.15. The van der Waals surface area contributed by atoms with Gasteiger partial charge in [0.1, 0.15) is 17.0 Å². The van der Waals surface area contributed by atoms with Gasteiger partial charge in [-0.2, -0.15) is 10.5 Å². The van der Waals surface area contributed by atoms with Crippen LogP contribution in [0.5, 0.6) is 0 Å². The minimum atomic E-state index is -1.70. The molecule has 2 saturated carbocycles. The molecule has 1 atom stereocenters. The Balaban J connectivity index is 2.21. The first kappa shape index (κ1) is 17.0. The smallest absolute Gasteiger partial charge is 0.172 e. The molecule has 0 heterocycles. The lowest BCUT2D eigenvalue weighted by Gasteiger charge is -2.33. The number of carbonyl (C=O) groups is 2. The van der Waals surface area contributed by atoms with E-state index in [2.05, 4.69) is 0 Å². The van der Waals surface area contributed by atoms with Crippen molar-refractivity contribution < 1.29 is 9.59 Å². The van der Waals surface area contributed by atoms with Crippen molar-refractivity contribution >= 4 is 34.8 Å². The fraction of sp³-hybridized carbons (Fsp3) is 0.444. The highest BCUT2D eigenvalue weighted by molar-refractivity contribution is 6.35. The molecule has 0 bridgehead atoms. The van der Waals surface area contributed by atoms with Crippen LogP contribution in [-0.4, -0.2) is 11.6 Å². The quantitative estimate of drug-likeness (QED) is 0.706. The lowest BCUT2D eigenvalue weighted by molar-refractivity contribution is -0.142. The molecule has 0 saturated heterocycles. The Morgan fingerprint density at radius 1 is 1.08 bits per heavy atom. The van der Waals surface area contributed by atoms with Crippen molar-refractivity contribution in [1.82, 2.24) is 0 Å². The van der Waals surface area contributed by atoms with Crippen molar-refractivity contribution in [3.05, 3.63) is 33.8 Å². The summed E-state index contributed by atoms with van der Waals surface area (Å²) in [6, 6.07) is 8.56.